The average molecular weight is 183 g/mol. The van der Waals surface area contributed by atoms with Crippen molar-refractivity contribution >= 4 is 11.6 Å². The highest BCUT2D eigenvalue weighted by molar-refractivity contribution is 6.28. The highest BCUT2D eigenvalue weighted by atomic mass is 35.5. The van der Waals surface area contributed by atoms with Crippen LogP contribution in [0.15, 0.2) is 6.20 Å². The molecule has 0 saturated carbocycles. The number of nitrogens with zero attached hydrogens (tertiary/aromatic N) is 2. The maximum Gasteiger partial charge on any atom is 0.222 e. The van der Waals surface area contributed by atoms with Crippen LogP contribution in [0.5, 0.6) is 0 Å². The van der Waals surface area contributed by atoms with Gasteiger partial charge in [-0.3, -0.25) is 0 Å². The predicted molar refractivity (Wildman–Crippen MR) is 48.4 cm³/mol. The van der Waals surface area contributed by atoms with Gasteiger partial charge in [-0.15, -0.1) is 0 Å². The number of halogens is 1. The molecular weight excluding hydrogens is 172 g/mol. The summed E-state index contributed by atoms with van der Waals surface area (Å²) in [7, 11) is 0. The molecule has 0 spiro atoms. The van der Waals surface area contributed by atoms with Crippen molar-refractivity contribution in [1.29, 1.82) is 0 Å². The second-order valence-electron chi connectivity index (χ2n) is 3.90. The van der Waals surface area contributed by atoms with Crippen LogP contribution in [0.2, 0.25) is 5.28 Å². The first-order chi connectivity index (χ1) is 5.59. The third-order valence-electron chi connectivity index (χ3n) is 2.50. The molecule has 0 N–H and O–H groups in total. The first kappa shape index (κ1) is 7.99. The molecule has 0 fully saturated rings. The van der Waals surface area contributed by atoms with Crippen LogP contribution in [0, 0.1) is 0 Å². The third kappa shape index (κ3) is 1.11. The summed E-state index contributed by atoms with van der Waals surface area (Å²) in [5.74, 6) is 0. The summed E-state index contributed by atoms with van der Waals surface area (Å²) in [4.78, 5) is 8.23. The molecule has 1 aliphatic rings. The SMILES string of the molecule is CC1(C)CCc2cnc(Cl)nc21. The molecule has 0 aromatic carbocycles. The lowest BCUT2D eigenvalue weighted by molar-refractivity contribution is 0.509. The maximum absolute atomic E-state index is 5.73. The summed E-state index contributed by atoms with van der Waals surface area (Å²) in [6.07, 6.45) is 4.08. The van der Waals surface area contributed by atoms with Gasteiger partial charge in [-0.1, -0.05) is 13.8 Å². The maximum atomic E-state index is 5.73. The Morgan fingerprint density at radius 2 is 2.25 bits per heavy atom. The summed E-state index contributed by atoms with van der Waals surface area (Å²) in [5.41, 5.74) is 2.56. The van der Waals surface area contributed by atoms with Gasteiger partial charge in [-0.25, -0.2) is 9.97 Å². The molecule has 0 amide bonds. The van der Waals surface area contributed by atoms with Crippen LogP contribution in [-0.2, 0) is 11.8 Å². The Morgan fingerprint density at radius 1 is 1.50 bits per heavy atom. The lowest BCUT2D eigenvalue weighted by atomic mass is 9.91. The Kier molecular flexibility index (Phi) is 1.62. The molecule has 2 nitrogen and oxygen atoms in total. The van der Waals surface area contributed by atoms with E-state index in [9.17, 15) is 0 Å². The van der Waals surface area contributed by atoms with E-state index in [1.54, 1.807) is 0 Å². The van der Waals surface area contributed by atoms with Gasteiger partial charge in [0.15, 0.2) is 0 Å². The molecule has 12 heavy (non-hydrogen) atoms. The minimum Gasteiger partial charge on any atom is -0.226 e. The quantitative estimate of drug-likeness (QED) is 0.576. The zero-order valence-corrected chi connectivity index (χ0v) is 8.02. The molecule has 0 aliphatic heterocycles. The Morgan fingerprint density at radius 3 is 3.00 bits per heavy atom. The molecule has 0 radical (unpaired) electrons. The van der Waals surface area contributed by atoms with Crippen LogP contribution in [0.25, 0.3) is 0 Å². The van der Waals surface area contributed by atoms with Gasteiger partial charge in [0.2, 0.25) is 5.28 Å². The summed E-state index contributed by atoms with van der Waals surface area (Å²) in [6.45, 7) is 4.39. The number of hydrogen-bond acceptors (Lipinski definition) is 2. The first-order valence-electron chi connectivity index (χ1n) is 4.11. The van der Waals surface area contributed by atoms with E-state index in [-0.39, 0.29) is 5.41 Å². The van der Waals surface area contributed by atoms with Gasteiger partial charge in [-0.05, 0) is 30.0 Å². The largest absolute Gasteiger partial charge is 0.226 e. The van der Waals surface area contributed by atoms with E-state index >= 15 is 0 Å². The van der Waals surface area contributed by atoms with Gasteiger partial charge in [-0.2, -0.15) is 0 Å². The van der Waals surface area contributed by atoms with E-state index in [4.69, 9.17) is 11.6 Å². The van der Waals surface area contributed by atoms with Crippen molar-refractivity contribution in [2.45, 2.75) is 32.1 Å². The molecular formula is C9H11ClN2. The topological polar surface area (TPSA) is 25.8 Å². The van der Waals surface area contributed by atoms with Crippen LogP contribution < -0.4 is 0 Å². The molecule has 1 heterocycles. The molecule has 2 rings (SSSR count). The number of aromatic nitrogens is 2. The zero-order chi connectivity index (χ0) is 8.77. The second-order valence-corrected chi connectivity index (χ2v) is 4.23. The van der Waals surface area contributed by atoms with Crippen molar-refractivity contribution in [1.82, 2.24) is 9.97 Å². The predicted octanol–water partition coefficient (Wildman–Crippen LogP) is 2.35. The highest BCUT2D eigenvalue weighted by Crippen LogP contribution is 2.36. The molecule has 0 unspecified atom stereocenters. The fraction of sp³-hybridized carbons (Fsp3) is 0.556. The lowest BCUT2D eigenvalue weighted by Crippen LogP contribution is -2.14. The van der Waals surface area contributed by atoms with Gasteiger partial charge in [0.1, 0.15) is 0 Å². The summed E-state index contributed by atoms with van der Waals surface area (Å²) >= 11 is 5.73. The molecule has 1 aromatic heterocycles. The average Bonchev–Trinajstić information content (AvgIpc) is 2.28. The molecule has 1 aliphatic carbocycles. The third-order valence-corrected chi connectivity index (χ3v) is 2.68. The fourth-order valence-electron chi connectivity index (χ4n) is 1.72. The van der Waals surface area contributed by atoms with E-state index in [0.717, 1.165) is 18.5 Å². The highest BCUT2D eigenvalue weighted by Gasteiger charge is 2.31. The van der Waals surface area contributed by atoms with Crippen molar-refractivity contribution in [3.05, 3.63) is 22.7 Å². The van der Waals surface area contributed by atoms with E-state index in [0.29, 0.717) is 5.28 Å². The smallest absolute Gasteiger partial charge is 0.222 e. The summed E-state index contributed by atoms with van der Waals surface area (Å²) < 4.78 is 0. The first-order valence-corrected chi connectivity index (χ1v) is 4.49. The minimum atomic E-state index is 0.182. The van der Waals surface area contributed by atoms with Gasteiger partial charge >= 0.3 is 0 Å². The Hall–Kier alpha value is -0.630. The van der Waals surface area contributed by atoms with Crippen LogP contribution >= 0.6 is 11.6 Å². The molecule has 0 saturated heterocycles. The van der Waals surface area contributed by atoms with Crippen LogP contribution in [0.4, 0.5) is 0 Å². The van der Waals surface area contributed by atoms with E-state index in [1.807, 2.05) is 6.20 Å². The van der Waals surface area contributed by atoms with E-state index < -0.39 is 0 Å². The summed E-state index contributed by atoms with van der Waals surface area (Å²) in [6, 6.07) is 0. The van der Waals surface area contributed by atoms with Gasteiger partial charge in [0.25, 0.3) is 0 Å². The Balaban J connectivity index is 2.57. The van der Waals surface area contributed by atoms with Crippen LogP contribution in [0.1, 0.15) is 31.5 Å². The Labute approximate surface area is 77.0 Å². The molecule has 64 valence electrons. The van der Waals surface area contributed by atoms with Crippen molar-refractivity contribution in [2.75, 3.05) is 0 Å². The second kappa shape index (κ2) is 2.43. The number of fused-ring (bicyclic) bond motifs is 1. The van der Waals surface area contributed by atoms with E-state index in [1.165, 1.54) is 5.56 Å². The summed E-state index contributed by atoms with van der Waals surface area (Å²) in [5, 5.41) is 0.365. The van der Waals surface area contributed by atoms with Crippen LogP contribution in [0.3, 0.4) is 0 Å². The van der Waals surface area contributed by atoms with Crippen molar-refractivity contribution < 1.29 is 0 Å². The standard InChI is InChI=1S/C9H11ClN2/c1-9(2)4-3-6-5-11-8(10)12-7(6)9/h5H,3-4H2,1-2H3. The molecule has 0 atom stereocenters. The number of aryl methyl sites for hydroxylation is 1. The van der Waals surface area contributed by atoms with Gasteiger partial charge < -0.3 is 0 Å². The monoisotopic (exact) mass is 182 g/mol. The molecule has 3 heteroatoms. The molecule has 1 aromatic rings. The zero-order valence-electron chi connectivity index (χ0n) is 7.26. The van der Waals surface area contributed by atoms with Gasteiger partial charge in [0, 0.05) is 11.6 Å². The van der Waals surface area contributed by atoms with Crippen molar-refractivity contribution in [3.8, 4) is 0 Å². The van der Waals surface area contributed by atoms with Gasteiger partial charge in [0.05, 0.1) is 5.69 Å². The lowest BCUT2D eigenvalue weighted by Gasteiger charge is -2.16. The van der Waals surface area contributed by atoms with Crippen molar-refractivity contribution in [3.63, 3.8) is 0 Å². The molecule has 0 bridgehead atoms. The Bertz CT molecular complexity index is 320. The normalized spacial score (nSPS) is 19.2. The number of rotatable bonds is 0. The fourth-order valence-corrected chi connectivity index (χ4v) is 1.85. The van der Waals surface area contributed by atoms with E-state index in [2.05, 4.69) is 23.8 Å². The minimum absolute atomic E-state index is 0.182. The number of hydrogen-bond donors (Lipinski definition) is 0. The van der Waals surface area contributed by atoms with Crippen LogP contribution in [-0.4, -0.2) is 9.97 Å². The van der Waals surface area contributed by atoms with Crippen molar-refractivity contribution in [2.24, 2.45) is 0 Å².